The first-order valence-corrected chi connectivity index (χ1v) is 9.65. The van der Waals surface area contributed by atoms with Crippen LogP contribution >= 0.6 is 11.6 Å². The van der Waals surface area contributed by atoms with Crippen LogP contribution in [0, 0.1) is 12.7 Å². The maximum atomic E-state index is 13.3. The zero-order chi connectivity index (χ0) is 18.0. The van der Waals surface area contributed by atoms with Crippen LogP contribution in [0.15, 0.2) is 41.3 Å². The first-order chi connectivity index (χ1) is 11.9. The van der Waals surface area contributed by atoms with Gasteiger partial charge in [0.2, 0.25) is 0 Å². The highest BCUT2D eigenvalue weighted by molar-refractivity contribution is 7.92. The fourth-order valence-corrected chi connectivity index (χ4v) is 4.41. The molecule has 0 unspecified atom stereocenters. The Hall–Kier alpha value is -1.83. The summed E-state index contributed by atoms with van der Waals surface area (Å²) in [6.07, 6.45) is 0. The molecular weight excluding hydrogens is 367 g/mol. The van der Waals surface area contributed by atoms with Crippen LogP contribution in [0.1, 0.15) is 5.56 Å². The van der Waals surface area contributed by atoms with Crippen molar-refractivity contribution in [2.45, 2.75) is 11.8 Å². The molecule has 0 aliphatic carbocycles. The molecule has 0 saturated carbocycles. The van der Waals surface area contributed by atoms with E-state index in [1.165, 1.54) is 12.1 Å². The van der Waals surface area contributed by atoms with Gasteiger partial charge in [-0.3, -0.25) is 4.72 Å². The van der Waals surface area contributed by atoms with Crippen LogP contribution in [-0.4, -0.2) is 34.7 Å². The summed E-state index contributed by atoms with van der Waals surface area (Å²) >= 11 is 6.32. The minimum atomic E-state index is -3.87. The quantitative estimate of drug-likeness (QED) is 0.877. The van der Waals surface area contributed by atoms with Gasteiger partial charge in [-0.15, -0.1) is 0 Å². The second-order valence-electron chi connectivity index (χ2n) is 5.75. The number of hydrogen-bond acceptors (Lipinski definition) is 4. The third kappa shape index (κ3) is 3.89. The smallest absolute Gasteiger partial charge is 0.262 e. The molecule has 1 aliphatic rings. The molecule has 0 aromatic heterocycles. The van der Waals surface area contributed by atoms with Gasteiger partial charge in [0, 0.05) is 13.1 Å². The van der Waals surface area contributed by atoms with Crippen molar-refractivity contribution < 1.29 is 17.5 Å². The Labute approximate surface area is 151 Å². The second kappa shape index (κ2) is 7.19. The molecule has 2 aromatic rings. The van der Waals surface area contributed by atoms with Gasteiger partial charge in [-0.05, 0) is 42.8 Å². The Kier molecular flexibility index (Phi) is 5.17. The normalized spacial score (nSPS) is 15.2. The van der Waals surface area contributed by atoms with Gasteiger partial charge in [-0.25, -0.2) is 12.8 Å². The van der Waals surface area contributed by atoms with E-state index in [2.05, 4.69) is 4.72 Å². The Bertz CT molecular complexity index is 883. The summed E-state index contributed by atoms with van der Waals surface area (Å²) in [7, 11) is -3.87. The van der Waals surface area contributed by atoms with Crippen molar-refractivity contribution in [3.8, 4) is 0 Å². The number of nitrogens with one attached hydrogen (secondary N) is 1. The molecule has 0 atom stereocenters. The van der Waals surface area contributed by atoms with E-state index in [1.54, 1.807) is 25.1 Å². The van der Waals surface area contributed by atoms with Gasteiger partial charge in [0.15, 0.2) is 0 Å². The number of anilines is 2. The van der Waals surface area contributed by atoms with Crippen LogP contribution < -0.4 is 9.62 Å². The van der Waals surface area contributed by atoms with E-state index >= 15 is 0 Å². The zero-order valence-electron chi connectivity index (χ0n) is 13.6. The summed E-state index contributed by atoms with van der Waals surface area (Å²) in [6.45, 7) is 3.89. The molecule has 25 heavy (non-hydrogen) atoms. The molecule has 1 N–H and O–H groups in total. The Morgan fingerprint density at radius 2 is 1.92 bits per heavy atom. The number of para-hydroxylation sites is 1. The van der Waals surface area contributed by atoms with Gasteiger partial charge < -0.3 is 9.64 Å². The maximum absolute atomic E-state index is 13.3. The lowest BCUT2D eigenvalue weighted by Crippen LogP contribution is -2.37. The highest BCUT2D eigenvalue weighted by atomic mass is 35.5. The summed E-state index contributed by atoms with van der Waals surface area (Å²) in [5, 5.41) is 0.456. The molecule has 0 spiro atoms. The molecule has 134 valence electrons. The molecule has 0 radical (unpaired) electrons. The van der Waals surface area contributed by atoms with Crippen LogP contribution in [0.4, 0.5) is 15.8 Å². The summed E-state index contributed by atoms with van der Waals surface area (Å²) in [5.74, 6) is -0.479. The number of rotatable bonds is 4. The number of benzene rings is 2. The third-order valence-electron chi connectivity index (χ3n) is 3.98. The lowest BCUT2D eigenvalue weighted by Gasteiger charge is -2.31. The van der Waals surface area contributed by atoms with E-state index < -0.39 is 15.8 Å². The van der Waals surface area contributed by atoms with E-state index in [-0.39, 0.29) is 4.90 Å². The minimum absolute atomic E-state index is 0.0294. The average Bonchev–Trinajstić information content (AvgIpc) is 2.55. The van der Waals surface area contributed by atoms with Crippen molar-refractivity contribution in [1.29, 1.82) is 0 Å². The first-order valence-electron chi connectivity index (χ1n) is 7.79. The van der Waals surface area contributed by atoms with Gasteiger partial charge in [-0.2, -0.15) is 0 Å². The highest BCUT2D eigenvalue weighted by Gasteiger charge is 2.23. The van der Waals surface area contributed by atoms with Crippen molar-refractivity contribution in [2.75, 3.05) is 35.9 Å². The van der Waals surface area contributed by atoms with Gasteiger partial charge in [-0.1, -0.05) is 17.7 Å². The standard InChI is InChI=1S/C17H18ClFN2O3S/c1-12-11-13(19)5-6-16(12)25(22,23)20-15-4-2-3-14(18)17(15)21-7-9-24-10-8-21/h2-6,11,20H,7-10H2,1H3. The topological polar surface area (TPSA) is 58.6 Å². The van der Waals surface area contributed by atoms with E-state index in [4.69, 9.17) is 16.3 Å². The lowest BCUT2D eigenvalue weighted by atomic mass is 10.2. The van der Waals surface area contributed by atoms with Crippen LogP contribution in [0.3, 0.4) is 0 Å². The van der Waals surface area contributed by atoms with E-state index in [0.29, 0.717) is 48.3 Å². The average molecular weight is 385 g/mol. The Balaban J connectivity index is 1.98. The second-order valence-corrected chi connectivity index (χ2v) is 7.81. The van der Waals surface area contributed by atoms with E-state index in [1.807, 2.05) is 4.90 Å². The summed E-state index contributed by atoms with van der Waals surface area (Å²) in [4.78, 5) is 2.02. The number of aryl methyl sites for hydroxylation is 1. The Morgan fingerprint density at radius 1 is 1.20 bits per heavy atom. The summed E-state index contributed by atoms with van der Waals surface area (Å²) in [5.41, 5.74) is 1.34. The molecule has 1 heterocycles. The fraction of sp³-hybridized carbons (Fsp3) is 0.294. The maximum Gasteiger partial charge on any atom is 0.262 e. The van der Waals surface area contributed by atoms with Gasteiger partial charge >= 0.3 is 0 Å². The minimum Gasteiger partial charge on any atom is -0.378 e. The predicted octanol–water partition coefficient (Wildman–Crippen LogP) is 3.42. The molecular formula is C17H18ClFN2O3S. The fourth-order valence-electron chi connectivity index (χ4n) is 2.82. The van der Waals surface area contributed by atoms with Crippen LogP contribution in [0.25, 0.3) is 0 Å². The Morgan fingerprint density at radius 3 is 2.60 bits per heavy atom. The van der Waals surface area contributed by atoms with Gasteiger partial charge in [0.1, 0.15) is 5.82 Å². The number of halogens is 2. The monoisotopic (exact) mass is 384 g/mol. The van der Waals surface area contributed by atoms with Gasteiger partial charge in [0.05, 0.1) is 34.5 Å². The molecule has 0 bridgehead atoms. The molecule has 2 aromatic carbocycles. The van der Waals surface area contributed by atoms with Crippen molar-refractivity contribution in [3.63, 3.8) is 0 Å². The van der Waals surface area contributed by atoms with Crippen molar-refractivity contribution in [2.24, 2.45) is 0 Å². The summed E-state index contributed by atoms with van der Waals surface area (Å²) < 4.78 is 46.7. The SMILES string of the molecule is Cc1cc(F)ccc1S(=O)(=O)Nc1cccc(Cl)c1N1CCOCC1. The number of ether oxygens (including phenoxy) is 1. The number of hydrogen-bond donors (Lipinski definition) is 1. The lowest BCUT2D eigenvalue weighted by molar-refractivity contribution is 0.123. The number of nitrogens with zero attached hydrogens (tertiary/aromatic N) is 1. The van der Waals surface area contributed by atoms with Crippen LogP contribution in [0.2, 0.25) is 5.02 Å². The first kappa shape index (κ1) is 18.0. The predicted molar refractivity (Wildman–Crippen MR) is 96.4 cm³/mol. The molecule has 1 aliphatic heterocycles. The van der Waals surface area contributed by atoms with E-state index in [9.17, 15) is 12.8 Å². The van der Waals surface area contributed by atoms with Gasteiger partial charge in [0.25, 0.3) is 10.0 Å². The summed E-state index contributed by atoms with van der Waals surface area (Å²) in [6, 6.07) is 8.63. The molecule has 5 nitrogen and oxygen atoms in total. The van der Waals surface area contributed by atoms with Crippen molar-refractivity contribution >= 4 is 33.0 Å². The molecule has 1 fully saturated rings. The third-order valence-corrected chi connectivity index (χ3v) is 5.82. The molecule has 8 heteroatoms. The van der Waals surface area contributed by atoms with E-state index in [0.717, 1.165) is 6.07 Å². The molecule has 3 rings (SSSR count). The highest BCUT2D eigenvalue weighted by Crippen LogP contribution is 2.36. The molecule has 1 saturated heterocycles. The zero-order valence-corrected chi connectivity index (χ0v) is 15.2. The van der Waals surface area contributed by atoms with Crippen molar-refractivity contribution in [3.05, 3.63) is 52.8 Å². The van der Waals surface area contributed by atoms with Crippen LogP contribution in [0.5, 0.6) is 0 Å². The largest absolute Gasteiger partial charge is 0.378 e. The van der Waals surface area contributed by atoms with Crippen LogP contribution in [-0.2, 0) is 14.8 Å². The molecule has 0 amide bonds. The van der Waals surface area contributed by atoms with Crippen molar-refractivity contribution in [1.82, 2.24) is 0 Å². The number of morpholine rings is 1. The number of sulfonamides is 1.